The summed E-state index contributed by atoms with van der Waals surface area (Å²) in [6.45, 7) is 1.92. The van der Waals surface area contributed by atoms with Crippen molar-refractivity contribution in [2.75, 3.05) is 27.2 Å². The standard InChI is InChI=1S/C28H29FN2O2/c1-31(16-14-20-5-3-6-24(17-20)32-2)15-4-7-27-26-18-21(19-30)8-13-25(26)28(33-27)22-9-11-23(29)12-10-22/h3,5-6,8-13,17-18,27-28H,4,7,14-16H2,1-2H3. The van der Waals surface area contributed by atoms with Crippen LogP contribution in [0.1, 0.15) is 52.9 Å². The number of hydrogen-bond donors (Lipinski definition) is 0. The number of halogens is 1. The lowest BCUT2D eigenvalue weighted by molar-refractivity contribution is 0.0261. The highest BCUT2D eigenvalue weighted by atomic mass is 19.1. The van der Waals surface area contributed by atoms with Gasteiger partial charge in [-0.15, -0.1) is 0 Å². The Morgan fingerprint density at radius 2 is 1.85 bits per heavy atom. The molecule has 0 N–H and O–H groups in total. The monoisotopic (exact) mass is 444 g/mol. The first-order chi connectivity index (χ1) is 16.1. The minimum Gasteiger partial charge on any atom is -0.497 e. The van der Waals surface area contributed by atoms with Gasteiger partial charge in [-0.2, -0.15) is 5.26 Å². The molecule has 1 aliphatic heterocycles. The van der Waals surface area contributed by atoms with E-state index >= 15 is 0 Å². The summed E-state index contributed by atoms with van der Waals surface area (Å²) in [5.41, 5.74) is 4.97. The fourth-order valence-electron chi connectivity index (χ4n) is 4.40. The van der Waals surface area contributed by atoms with Crippen molar-refractivity contribution in [2.45, 2.75) is 31.5 Å². The molecule has 0 aliphatic carbocycles. The molecular formula is C28H29FN2O2. The molecule has 0 saturated heterocycles. The van der Waals surface area contributed by atoms with Crippen LogP contribution in [0.2, 0.25) is 0 Å². The van der Waals surface area contributed by atoms with Gasteiger partial charge in [0, 0.05) is 6.54 Å². The molecule has 2 unspecified atom stereocenters. The second-order valence-electron chi connectivity index (χ2n) is 8.56. The Labute approximate surface area is 195 Å². The third kappa shape index (κ3) is 5.60. The molecule has 0 fully saturated rings. The first-order valence-electron chi connectivity index (χ1n) is 11.3. The molecule has 4 rings (SSSR count). The Bertz CT molecular complexity index is 1120. The lowest BCUT2D eigenvalue weighted by Crippen LogP contribution is -2.22. The van der Waals surface area contributed by atoms with Crippen LogP contribution >= 0.6 is 0 Å². The molecular weight excluding hydrogens is 415 g/mol. The molecule has 0 saturated carbocycles. The van der Waals surface area contributed by atoms with Crippen molar-refractivity contribution < 1.29 is 13.9 Å². The summed E-state index contributed by atoms with van der Waals surface area (Å²) in [6.07, 6.45) is 2.50. The van der Waals surface area contributed by atoms with E-state index in [0.717, 1.165) is 54.8 Å². The number of fused-ring (bicyclic) bond motifs is 1. The van der Waals surface area contributed by atoms with Gasteiger partial charge in [0.1, 0.15) is 17.7 Å². The highest BCUT2D eigenvalue weighted by Gasteiger charge is 2.32. The van der Waals surface area contributed by atoms with E-state index in [4.69, 9.17) is 9.47 Å². The van der Waals surface area contributed by atoms with E-state index in [2.05, 4.69) is 30.1 Å². The highest BCUT2D eigenvalue weighted by Crippen LogP contribution is 2.45. The molecule has 4 nitrogen and oxygen atoms in total. The van der Waals surface area contributed by atoms with Crippen LogP contribution in [0, 0.1) is 17.1 Å². The predicted molar refractivity (Wildman–Crippen MR) is 127 cm³/mol. The molecule has 0 spiro atoms. The summed E-state index contributed by atoms with van der Waals surface area (Å²) in [4.78, 5) is 2.33. The molecule has 3 aromatic rings. The van der Waals surface area contributed by atoms with Crippen molar-refractivity contribution in [2.24, 2.45) is 0 Å². The maximum atomic E-state index is 13.4. The lowest BCUT2D eigenvalue weighted by atomic mass is 9.94. The number of ether oxygens (including phenoxy) is 2. The van der Waals surface area contributed by atoms with Crippen molar-refractivity contribution >= 4 is 0 Å². The van der Waals surface area contributed by atoms with Gasteiger partial charge in [-0.1, -0.05) is 30.3 Å². The SMILES string of the molecule is COc1cccc(CCN(C)CCCC2OC(c3ccc(F)cc3)c3ccc(C#N)cc32)c1. The summed E-state index contributed by atoms with van der Waals surface area (Å²) < 4.78 is 25.1. The molecule has 5 heteroatoms. The van der Waals surface area contributed by atoms with E-state index in [1.54, 1.807) is 19.2 Å². The topological polar surface area (TPSA) is 45.5 Å². The van der Waals surface area contributed by atoms with Crippen molar-refractivity contribution in [3.8, 4) is 11.8 Å². The summed E-state index contributed by atoms with van der Waals surface area (Å²) in [5.74, 6) is 0.630. The molecule has 1 heterocycles. The van der Waals surface area contributed by atoms with E-state index in [-0.39, 0.29) is 18.0 Å². The molecule has 0 radical (unpaired) electrons. The number of nitriles is 1. The van der Waals surface area contributed by atoms with Crippen LogP contribution in [-0.4, -0.2) is 32.1 Å². The summed E-state index contributed by atoms with van der Waals surface area (Å²) >= 11 is 0. The van der Waals surface area contributed by atoms with Crippen LogP contribution in [0.3, 0.4) is 0 Å². The molecule has 2 atom stereocenters. The van der Waals surface area contributed by atoms with Gasteiger partial charge in [0.15, 0.2) is 0 Å². The van der Waals surface area contributed by atoms with Crippen molar-refractivity contribution in [1.82, 2.24) is 4.90 Å². The van der Waals surface area contributed by atoms with Crippen molar-refractivity contribution in [1.29, 1.82) is 5.26 Å². The van der Waals surface area contributed by atoms with Gasteiger partial charge in [-0.3, -0.25) is 0 Å². The van der Waals surface area contributed by atoms with Crippen molar-refractivity contribution in [3.05, 3.63) is 100 Å². The Balaban J connectivity index is 1.36. The Kier molecular flexibility index (Phi) is 7.39. The second kappa shape index (κ2) is 10.6. The number of likely N-dealkylation sites (N-methyl/N-ethyl adjacent to an activating group) is 1. The molecule has 3 aromatic carbocycles. The van der Waals surface area contributed by atoms with E-state index in [1.807, 2.05) is 30.3 Å². The molecule has 0 bridgehead atoms. The minimum atomic E-state index is -0.259. The van der Waals surface area contributed by atoms with Gasteiger partial charge >= 0.3 is 0 Å². The normalized spacial score (nSPS) is 17.1. The van der Waals surface area contributed by atoms with E-state index in [0.29, 0.717) is 5.56 Å². The highest BCUT2D eigenvalue weighted by molar-refractivity contribution is 5.46. The van der Waals surface area contributed by atoms with Gasteiger partial charge in [-0.05, 0) is 91.5 Å². The Morgan fingerprint density at radius 3 is 2.61 bits per heavy atom. The Morgan fingerprint density at radius 1 is 1.03 bits per heavy atom. The maximum Gasteiger partial charge on any atom is 0.123 e. The zero-order chi connectivity index (χ0) is 23.2. The smallest absolute Gasteiger partial charge is 0.123 e. The van der Waals surface area contributed by atoms with Crippen LogP contribution in [0.25, 0.3) is 0 Å². The van der Waals surface area contributed by atoms with Gasteiger partial charge in [0.05, 0.1) is 24.8 Å². The average Bonchev–Trinajstić information content (AvgIpc) is 3.21. The second-order valence-corrected chi connectivity index (χ2v) is 8.56. The van der Waals surface area contributed by atoms with Crippen LogP contribution in [-0.2, 0) is 11.2 Å². The van der Waals surface area contributed by atoms with E-state index in [1.165, 1.54) is 17.7 Å². The zero-order valence-electron chi connectivity index (χ0n) is 19.1. The van der Waals surface area contributed by atoms with Crippen LogP contribution in [0.15, 0.2) is 66.7 Å². The third-order valence-corrected chi connectivity index (χ3v) is 6.24. The van der Waals surface area contributed by atoms with Crippen LogP contribution in [0.5, 0.6) is 5.75 Å². The lowest BCUT2D eigenvalue weighted by Gasteiger charge is -2.19. The minimum absolute atomic E-state index is 0.0739. The van der Waals surface area contributed by atoms with Crippen LogP contribution < -0.4 is 4.74 Å². The first-order valence-corrected chi connectivity index (χ1v) is 11.3. The van der Waals surface area contributed by atoms with Gasteiger partial charge in [0.25, 0.3) is 0 Å². The summed E-state index contributed by atoms with van der Waals surface area (Å²) in [5, 5.41) is 9.36. The quantitative estimate of drug-likeness (QED) is 0.417. The number of benzene rings is 3. The van der Waals surface area contributed by atoms with Gasteiger partial charge in [-0.25, -0.2) is 4.39 Å². The molecule has 33 heavy (non-hydrogen) atoms. The maximum absolute atomic E-state index is 13.4. The molecule has 0 aromatic heterocycles. The summed E-state index contributed by atoms with van der Waals surface area (Å²) in [6, 6.07) is 22.6. The fraction of sp³-hybridized carbons (Fsp3) is 0.321. The first kappa shape index (κ1) is 23.0. The predicted octanol–water partition coefficient (Wildman–Crippen LogP) is 5.82. The number of rotatable bonds is 9. The average molecular weight is 445 g/mol. The largest absolute Gasteiger partial charge is 0.497 e. The van der Waals surface area contributed by atoms with E-state index in [9.17, 15) is 9.65 Å². The number of hydrogen-bond acceptors (Lipinski definition) is 4. The van der Waals surface area contributed by atoms with E-state index < -0.39 is 0 Å². The van der Waals surface area contributed by atoms with Crippen molar-refractivity contribution in [3.63, 3.8) is 0 Å². The zero-order valence-corrected chi connectivity index (χ0v) is 19.1. The number of methoxy groups -OCH3 is 1. The van der Waals surface area contributed by atoms with Gasteiger partial charge < -0.3 is 14.4 Å². The Hall–Kier alpha value is -3.20. The molecule has 1 aliphatic rings. The van der Waals surface area contributed by atoms with Crippen LogP contribution in [0.4, 0.5) is 4.39 Å². The molecule has 170 valence electrons. The fourth-order valence-corrected chi connectivity index (χ4v) is 4.40. The van der Waals surface area contributed by atoms with Gasteiger partial charge in [0.2, 0.25) is 0 Å². The third-order valence-electron chi connectivity index (χ3n) is 6.24. The molecule has 0 amide bonds. The number of nitrogens with zero attached hydrogens (tertiary/aromatic N) is 2. The summed E-state index contributed by atoms with van der Waals surface area (Å²) in [7, 11) is 3.83.